The highest BCUT2D eigenvalue weighted by Crippen LogP contribution is 2.30. The topological polar surface area (TPSA) is 144 Å². The van der Waals surface area contributed by atoms with Crippen LogP contribution < -0.4 is 25.0 Å². The van der Waals surface area contributed by atoms with Gasteiger partial charge in [0.15, 0.2) is 18.2 Å². The van der Waals surface area contributed by atoms with E-state index in [4.69, 9.17) is 14.2 Å². The first-order valence-corrected chi connectivity index (χ1v) is 12.8. The molecule has 0 radical (unpaired) electrons. The second-order valence-electron chi connectivity index (χ2n) is 9.67. The Labute approximate surface area is 224 Å². The fourth-order valence-corrected chi connectivity index (χ4v) is 4.61. The number of anilines is 2. The number of carbonyl (C=O) groups is 2. The zero-order chi connectivity index (χ0) is 26.8. The molecule has 6 heterocycles. The molecule has 3 aromatic rings. The van der Waals surface area contributed by atoms with Gasteiger partial charge in [0, 0.05) is 31.4 Å². The third-order valence-corrected chi connectivity index (χ3v) is 6.60. The second kappa shape index (κ2) is 10.8. The fraction of sp³-hybridized carbons (Fsp3) is 0.385. The number of nitrogens with zero attached hydrogens (tertiary/aromatic N) is 6. The largest absolute Gasteiger partial charge is 0.480 e. The minimum absolute atomic E-state index is 0.0521. The summed E-state index contributed by atoms with van der Waals surface area (Å²) in [5, 5.41) is 6.01. The number of hydrogen-bond donors (Lipinski definition) is 2. The lowest BCUT2D eigenvalue weighted by Crippen LogP contribution is -2.51. The second-order valence-corrected chi connectivity index (χ2v) is 9.67. The maximum Gasteiger partial charge on any atom is 0.415 e. The van der Waals surface area contributed by atoms with E-state index in [1.54, 1.807) is 30.7 Å². The van der Waals surface area contributed by atoms with Gasteiger partial charge in [0.1, 0.15) is 18.0 Å². The first kappa shape index (κ1) is 24.9. The molecule has 202 valence electrons. The molecule has 2 fully saturated rings. The summed E-state index contributed by atoms with van der Waals surface area (Å²) >= 11 is 0. The molecule has 2 amide bonds. The quantitative estimate of drug-likeness (QED) is 0.387. The molecule has 0 unspecified atom stereocenters. The number of likely N-dealkylation sites (tertiary alicyclic amines) is 1. The van der Waals surface area contributed by atoms with Gasteiger partial charge in [0.25, 0.3) is 5.91 Å². The van der Waals surface area contributed by atoms with E-state index in [9.17, 15) is 9.59 Å². The van der Waals surface area contributed by atoms with Crippen molar-refractivity contribution < 1.29 is 23.8 Å². The van der Waals surface area contributed by atoms with Crippen LogP contribution in [0.15, 0.2) is 42.9 Å². The van der Waals surface area contributed by atoms with Gasteiger partial charge in [-0.05, 0) is 44.3 Å². The van der Waals surface area contributed by atoms with Crippen molar-refractivity contribution in [1.29, 1.82) is 0 Å². The third-order valence-electron chi connectivity index (χ3n) is 6.60. The van der Waals surface area contributed by atoms with Crippen LogP contribution in [-0.4, -0.2) is 88.9 Å². The predicted octanol–water partition coefficient (Wildman–Crippen LogP) is 1.46. The highest BCUT2D eigenvalue weighted by Gasteiger charge is 2.33. The first-order valence-electron chi connectivity index (χ1n) is 12.8. The molecule has 2 N–H and O–H groups in total. The summed E-state index contributed by atoms with van der Waals surface area (Å²) in [7, 11) is 2.05. The smallest absolute Gasteiger partial charge is 0.415 e. The van der Waals surface area contributed by atoms with Gasteiger partial charge in [-0.2, -0.15) is 0 Å². The number of ether oxygens (including phenoxy) is 3. The van der Waals surface area contributed by atoms with Gasteiger partial charge in [-0.15, -0.1) is 0 Å². The molecular formula is C26H28N8O5. The third kappa shape index (κ3) is 5.73. The molecule has 3 aliphatic heterocycles. The van der Waals surface area contributed by atoms with Gasteiger partial charge in [0.05, 0.1) is 30.3 Å². The standard InChI is InChI=1S/C26H28N8O5/c1-33-12-19(13-33)38-24-11-28-10-20(30-24)16-4-7-29-17(8-16)9-27-6-5-18-14-34(26(36)39-18)22-3-2-21-25(31-22)32-23(35)15-37-21/h2-4,7-8,10-11,18-19,27H,5-6,9,12-15H2,1H3,(H,31,32,35)/t18-/m0/s1. The number of hydrogen-bond acceptors (Lipinski definition) is 11. The molecule has 0 spiro atoms. The number of fused-ring (bicyclic) bond motifs is 1. The van der Waals surface area contributed by atoms with Crippen LogP contribution in [0.4, 0.5) is 16.4 Å². The summed E-state index contributed by atoms with van der Waals surface area (Å²) in [6.07, 6.45) is 5.10. The fourth-order valence-electron chi connectivity index (χ4n) is 4.61. The van der Waals surface area contributed by atoms with Crippen molar-refractivity contribution in [2.75, 3.05) is 50.1 Å². The van der Waals surface area contributed by atoms with E-state index in [0.717, 1.165) is 30.0 Å². The molecule has 13 heteroatoms. The molecule has 0 bridgehead atoms. The number of pyridine rings is 2. The van der Waals surface area contributed by atoms with Crippen LogP contribution in [0.5, 0.6) is 11.6 Å². The van der Waals surface area contributed by atoms with Crippen molar-refractivity contribution in [3.05, 3.63) is 48.5 Å². The van der Waals surface area contributed by atoms with Crippen LogP contribution >= 0.6 is 0 Å². The summed E-state index contributed by atoms with van der Waals surface area (Å²) in [5.74, 6) is 1.41. The van der Waals surface area contributed by atoms with E-state index >= 15 is 0 Å². The van der Waals surface area contributed by atoms with E-state index in [1.807, 2.05) is 12.1 Å². The Kier molecular flexibility index (Phi) is 6.90. The molecule has 0 saturated carbocycles. The molecule has 3 aliphatic rings. The number of aromatic nitrogens is 4. The monoisotopic (exact) mass is 532 g/mol. The predicted molar refractivity (Wildman–Crippen MR) is 139 cm³/mol. The highest BCUT2D eigenvalue weighted by molar-refractivity contribution is 5.95. The van der Waals surface area contributed by atoms with Crippen LogP contribution in [-0.2, 0) is 16.1 Å². The van der Waals surface area contributed by atoms with Crippen LogP contribution in [0, 0.1) is 0 Å². The zero-order valence-electron chi connectivity index (χ0n) is 21.4. The summed E-state index contributed by atoms with van der Waals surface area (Å²) in [6, 6.07) is 7.23. The van der Waals surface area contributed by atoms with E-state index in [0.29, 0.717) is 49.3 Å². The summed E-state index contributed by atoms with van der Waals surface area (Å²) in [6.45, 7) is 3.25. The number of cyclic esters (lactones) is 1. The van der Waals surface area contributed by atoms with Gasteiger partial charge in [-0.3, -0.25) is 24.6 Å². The van der Waals surface area contributed by atoms with E-state index < -0.39 is 6.09 Å². The molecule has 0 aliphatic carbocycles. The number of amides is 2. The van der Waals surface area contributed by atoms with Crippen LogP contribution in [0.3, 0.4) is 0 Å². The van der Waals surface area contributed by atoms with Crippen LogP contribution in [0.2, 0.25) is 0 Å². The van der Waals surface area contributed by atoms with Crippen molar-refractivity contribution >= 4 is 23.6 Å². The SMILES string of the molecule is CN1CC(Oc2cncc(-c3ccnc(CNCC[C@H]4CN(c5ccc6c(n5)NC(=O)CO6)C(=O)O4)c3)n2)C1. The Morgan fingerprint density at radius 3 is 2.92 bits per heavy atom. The lowest BCUT2D eigenvalue weighted by Gasteiger charge is -2.35. The Morgan fingerprint density at radius 2 is 2.05 bits per heavy atom. The summed E-state index contributed by atoms with van der Waals surface area (Å²) in [4.78, 5) is 45.4. The number of carbonyl (C=O) groups excluding carboxylic acids is 2. The highest BCUT2D eigenvalue weighted by atomic mass is 16.6. The van der Waals surface area contributed by atoms with E-state index in [2.05, 4.69) is 42.5 Å². The van der Waals surface area contributed by atoms with E-state index in [1.165, 1.54) is 4.90 Å². The lowest BCUT2D eigenvalue weighted by atomic mass is 10.1. The van der Waals surface area contributed by atoms with Gasteiger partial charge < -0.3 is 24.8 Å². The molecular weight excluding hydrogens is 504 g/mol. The summed E-state index contributed by atoms with van der Waals surface area (Å²) in [5.41, 5.74) is 2.49. The lowest BCUT2D eigenvalue weighted by molar-refractivity contribution is -0.118. The molecule has 6 rings (SSSR count). The molecule has 39 heavy (non-hydrogen) atoms. The average Bonchev–Trinajstić information content (AvgIpc) is 3.30. The molecule has 1 atom stereocenters. The average molecular weight is 533 g/mol. The van der Waals surface area contributed by atoms with Crippen LogP contribution in [0.1, 0.15) is 12.1 Å². The zero-order valence-corrected chi connectivity index (χ0v) is 21.4. The number of nitrogens with one attached hydrogen (secondary N) is 2. The van der Waals surface area contributed by atoms with Crippen LogP contribution in [0.25, 0.3) is 11.3 Å². The summed E-state index contributed by atoms with van der Waals surface area (Å²) < 4.78 is 16.8. The minimum atomic E-state index is -0.471. The van der Waals surface area contributed by atoms with Crippen molar-refractivity contribution in [1.82, 2.24) is 30.2 Å². The normalized spacial score (nSPS) is 19.1. The Balaban J connectivity index is 0.996. The molecule has 13 nitrogen and oxygen atoms in total. The van der Waals surface area contributed by atoms with Gasteiger partial charge in [-0.1, -0.05) is 0 Å². The van der Waals surface area contributed by atoms with Crippen molar-refractivity contribution in [2.24, 2.45) is 0 Å². The Morgan fingerprint density at radius 1 is 1.15 bits per heavy atom. The Hall–Kier alpha value is -4.36. The number of likely N-dealkylation sites (N-methyl/N-ethyl adjacent to an activating group) is 1. The van der Waals surface area contributed by atoms with Gasteiger partial charge in [0.2, 0.25) is 5.88 Å². The number of rotatable bonds is 9. The van der Waals surface area contributed by atoms with Crippen molar-refractivity contribution in [2.45, 2.75) is 25.2 Å². The Bertz CT molecular complexity index is 1380. The van der Waals surface area contributed by atoms with E-state index in [-0.39, 0.29) is 24.7 Å². The van der Waals surface area contributed by atoms with Crippen molar-refractivity contribution in [3.8, 4) is 22.9 Å². The van der Waals surface area contributed by atoms with Gasteiger partial charge in [-0.25, -0.2) is 14.8 Å². The maximum atomic E-state index is 12.5. The van der Waals surface area contributed by atoms with Crippen molar-refractivity contribution in [3.63, 3.8) is 0 Å². The van der Waals surface area contributed by atoms with Gasteiger partial charge >= 0.3 is 6.09 Å². The molecule has 0 aromatic carbocycles. The first-order chi connectivity index (χ1) is 19.0. The minimum Gasteiger partial charge on any atom is -0.480 e. The molecule has 2 saturated heterocycles. The molecule has 3 aromatic heterocycles. The maximum absolute atomic E-state index is 12.5.